The molecule has 0 saturated carbocycles. The number of alkyl halides is 3. The van der Waals surface area contributed by atoms with Crippen LogP contribution in [0.15, 0.2) is 66.7 Å². The number of fused-ring (bicyclic) bond motifs is 1. The number of rotatable bonds is 9. The largest absolute Gasteiger partial charge is 0.497 e. The summed E-state index contributed by atoms with van der Waals surface area (Å²) in [6.07, 6.45) is -2.61. The second-order valence-corrected chi connectivity index (χ2v) is 13.2. The molecule has 0 saturated heterocycles. The van der Waals surface area contributed by atoms with E-state index in [0.717, 1.165) is 30.5 Å². The summed E-state index contributed by atoms with van der Waals surface area (Å²) >= 11 is 0. The van der Waals surface area contributed by atoms with E-state index in [1.165, 1.54) is 12.1 Å². The number of carbonyl (C=O) groups is 2. The Morgan fingerprint density at radius 3 is 2.35 bits per heavy atom. The summed E-state index contributed by atoms with van der Waals surface area (Å²) in [5.74, 6) is 0.455. The standard InChI is InChI=1S/C38H49F3N4O6/c1-25-21-45(26(2)24-46)36(47)33-20-31(43-37(48)42-30-13-16-32(49-5)17-14-30)15-18-34(33)51-27(3)8-6-7-19-50-35(25)23-44(4)22-28-9-11-29(12-10-28)38(39,40)41/h9-18,20,25-27,35,46H,6-8,19,21-24H2,1-5H3,(H2,42,43,48)/t25-,26+,27-,35+/m0/s1. The van der Waals surface area contributed by atoms with E-state index < -0.39 is 23.8 Å². The number of nitrogens with one attached hydrogen (secondary N) is 2. The SMILES string of the molecule is COc1ccc(NC(=O)Nc2ccc3c(c2)C(=O)N([C@H](C)CO)C[C@H](C)[C@@H](CN(C)Cc2ccc(C(F)(F)F)cc2)OCCCC[C@H](C)O3)cc1. The fourth-order valence-electron chi connectivity index (χ4n) is 5.91. The number of methoxy groups -OCH3 is 1. The first-order chi connectivity index (χ1) is 24.3. The minimum atomic E-state index is -4.40. The minimum absolute atomic E-state index is 0.194. The van der Waals surface area contributed by atoms with Crippen LogP contribution in [0, 0.1) is 5.92 Å². The number of urea groups is 1. The number of aliphatic hydroxyl groups is 1. The number of halogens is 3. The van der Waals surface area contributed by atoms with E-state index in [4.69, 9.17) is 14.2 Å². The molecule has 0 fully saturated rings. The Kier molecular flexibility index (Phi) is 14.1. The normalized spacial score (nSPS) is 19.8. The smallest absolute Gasteiger partial charge is 0.416 e. The van der Waals surface area contributed by atoms with E-state index >= 15 is 0 Å². The van der Waals surface area contributed by atoms with Gasteiger partial charge in [-0.1, -0.05) is 19.1 Å². The topological polar surface area (TPSA) is 113 Å². The number of amides is 3. The summed E-state index contributed by atoms with van der Waals surface area (Å²) < 4.78 is 57.1. The lowest BCUT2D eigenvalue weighted by atomic mass is 10.0. The maximum atomic E-state index is 14.4. The lowest BCUT2D eigenvalue weighted by Gasteiger charge is -2.36. The molecule has 3 N–H and O–H groups in total. The number of benzene rings is 3. The monoisotopic (exact) mass is 714 g/mol. The van der Waals surface area contributed by atoms with Gasteiger partial charge in [0, 0.05) is 43.5 Å². The third-order valence-electron chi connectivity index (χ3n) is 8.88. The van der Waals surface area contributed by atoms with Gasteiger partial charge in [0.2, 0.25) is 0 Å². The lowest BCUT2D eigenvalue weighted by molar-refractivity contribution is -0.137. The highest BCUT2D eigenvalue weighted by molar-refractivity contribution is 6.02. The number of likely N-dealkylation sites (N-methyl/N-ethyl adjacent to an activating group) is 1. The molecule has 10 nitrogen and oxygen atoms in total. The van der Waals surface area contributed by atoms with Gasteiger partial charge in [0.05, 0.1) is 43.1 Å². The van der Waals surface area contributed by atoms with Crippen molar-refractivity contribution in [3.8, 4) is 11.5 Å². The molecule has 3 aromatic carbocycles. The second-order valence-electron chi connectivity index (χ2n) is 13.2. The Morgan fingerprint density at radius 1 is 1.04 bits per heavy atom. The molecule has 3 aromatic rings. The zero-order valence-electron chi connectivity index (χ0n) is 29.8. The first kappa shape index (κ1) is 39.5. The number of nitrogens with zero attached hydrogens (tertiary/aromatic N) is 2. The van der Waals surface area contributed by atoms with Crippen molar-refractivity contribution in [2.24, 2.45) is 5.92 Å². The Morgan fingerprint density at radius 2 is 1.71 bits per heavy atom. The molecular weight excluding hydrogens is 665 g/mol. The highest BCUT2D eigenvalue weighted by atomic mass is 19.4. The van der Waals surface area contributed by atoms with Gasteiger partial charge < -0.3 is 34.9 Å². The average molecular weight is 715 g/mol. The fourth-order valence-corrected chi connectivity index (χ4v) is 5.91. The summed E-state index contributed by atoms with van der Waals surface area (Å²) in [6.45, 7) is 6.99. The molecular formula is C38H49F3N4O6. The van der Waals surface area contributed by atoms with Crippen LogP contribution < -0.4 is 20.1 Å². The first-order valence-electron chi connectivity index (χ1n) is 17.2. The molecule has 0 spiro atoms. The minimum Gasteiger partial charge on any atom is -0.497 e. The number of hydrogen-bond acceptors (Lipinski definition) is 7. The van der Waals surface area contributed by atoms with Crippen LogP contribution in [0.2, 0.25) is 0 Å². The van der Waals surface area contributed by atoms with Crippen LogP contribution in [0.3, 0.4) is 0 Å². The maximum Gasteiger partial charge on any atom is 0.416 e. The summed E-state index contributed by atoms with van der Waals surface area (Å²) in [7, 11) is 3.44. The Balaban J connectivity index is 1.55. The van der Waals surface area contributed by atoms with Crippen molar-refractivity contribution in [1.29, 1.82) is 0 Å². The van der Waals surface area contributed by atoms with E-state index in [9.17, 15) is 27.9 Å². The van der Waals surface area contributed by atoms with Crippen LogP contribution in [0.4, 0.5) is 29.3 Å². The van der Waals surface area contributed by atoms with Crippen molar-refractivity contribution in [1.82, 2.24) is 9.80 Å². The fraction of sp³-hybridized carbons (Fsp3) is 0.474. The molecule has 13 heteroatoms. The van der Waals surface area contributed by atoms with Crippen LogP contribution in [-0.2, 0) is 17.5 Å². The molecule has 1 aliphatic heterocycles. The Bertz CT molecular complexity index is 1570. The van der Waals surface area contributed by atoms with Crippen LogP contribution in [0.1, 0.15) is 61.5 Å². The van der Waals surface area contributed by atoms with E-state index in [-0.39, 0.29) is 42.7 Å². The highest BCUT2D eigenvalue weighted by Gasteiger charge is 2.32. The molecule has 278 valence electrons. The van der Waals surface area contributed by atoms with Crippen molar-refractivity contribution in [2.75, 3.05) is 51.1 Å². The van der Waals surface area contributed by atoms with Gasteiger partial charge in [0.15, 0.2) is 0 Å². The summed E-state index contributed by atoms with van der Waals surface area (Å²) in [5, 5.41) is 15.8. The molecule has 3 amide bonds. The van der Waals surface area contributed by atoms with Crippen molar-refractivity contribution >= 4 is 23.3 Å². The van der Waals surface area contributed by atoms with Gasteiger partial charge in [-0.2, -0.15) is 13.2 Å². The van der Waals surface area contributed by atoms with Gasteiger partial charge in [-0.25, -0.2) is 4.79 Å². The summed E-state index contributed by atoms with van der Waals surface area (Å²) in [4.78, 5) is 30.9. The van der Waals surface area contributed by atoms with E-state index in [2.05, 4.69) is 10.6 Å². The number of ether oxygens (including phenoxy) is 3. The zero-order chi connectivity index (χ0) is 37.1. The van der Waals surface area contributed by atoms with Gasteiger partial charge in [0.25, 0.3) is 5.91 Å². The number of aliphatic hydroxyl groups excluding tert-OH is 1. The molecule has 4 rings (SSSR count). The Labute approximate surface area is 297 Å². The third-order valence-corrected chi connectivity index (χ3v) is 8.88. The molecule has 0 aromatic heterocycles. The number of anilines is 2. The molecule has 1 heterocycles. The molecule has 0 unspecified atom stereocenters. The van der Waals surface area contributed by atoms with Gasteiger partial charge in [-0.3, -0.25) is 9.69 Å². The lowest BCUT2D eigenvalue weighted by Crippen LogP contribution is -2.47. The van der Waals surface area contributed by atoms with Crippen molar-refractivity contribution < 1.29 is 42.1 Å². The van der Waals surface area contributed by atoms with Crippen LogP contribution in [-0.4, -0.2) is 85.6 Å². The first-order valence-corrected chi connectivity index (χ1v) is 17.2. The van der Waals surface area contributed by atoms with E-state index in [1.807, 2.05) is 25.8 Å². The van der Waals surface area contributed by atoms with Gasteiger partial charge >= 0.3 is 12.2 Å². The third kappa shape index (κ3) is 11.6. The summed E-state index contributed by atoms with van der Waals surface area (Å²) in [5.41, 5.74) is 1.21. The highest BCUT2D eigenvalue weighted by Crippen LogP contribution is 2.30. The number of carbonyl (C=O) groups excluding carboxylic acids is 2. The molecule has 0 bridgehead atoms. The van der Waals surface area contributed by atoms with Gasteiger partial charge in [-0.15, -0.1) is 0 Å². The molecule has 0 aliphatic carbocycles. The van der Waals surface area contributed by atoms with E-state index in [1.54, 1.807) is 61.4 Å². The zero-order valence-corrected chi connectivity index (χ0v) is 29.8. The van der Waals surface area contributed by atoms with Gasteiger partial charge in [0.1, 0.15) is 11.5 Å². The van der Waals surface area contributed by atoms with Crippen molar-refractivity contribution in [3.63, 3.8) is 0 Å². The molecule has 1 aliphatic rings. The van der Waals surface area contributed by atoms with Crippen LogP contribution in [0.25, 0.3) is 0 Å². The van der Waals surface area contributed by atoms with Crippen molar-refractivity contribution in [2.45, 2.75) is 71.0 Å². The maximum absolute atomic E-state index is 14.4. The quantitative estimate of drug-likeness (QED) is 0.214. The van der Waals surface area contributed by atoms with Crippen molar-refractivity contribution in [3.05, 3.63) is 83.4 Å². The summed E-state index contributed by atoms with van der Waals surface area (Å²) in [6, 6.07) is 15.9. The van der Waals surface area contributed by atoms with Crippen LogP contribution in [0.5, 0.6) is 11.5 Å². The van der Waals surface area contributed by atoms with Crippen LogP contribution >= 0.6 is 0 Å². The predicted octanol–water partition coefficient (Wildman–Crippen LogP) is 7.29. The van der Waals surface area contributed by atoms with E-state index in [0.29, 0.717) is 49.0 Å². The molecule has 51 heavy (non-hydrogen) atoms. The average Bonchev–Trinajstić information content (AvgIpc) is 3.09. The molecule has 0 radical (unpaired) electrons. The number of hydrogen-bond donors (Lipinski definition) is 3. The molecule has 4 atom stereocenters. The predicted molar refractivity (Wildman–Crippen MR) is 190 cm³/mol. The Hall–Kier alpha value is -4.33. The second kappa shape index (κ2) is 18.2. The van der Waals surface area contributed by atoms with Gasteiger partial charge in [-0.05, 0) is 100 Å².